The molecule has 72 valence electrons. The Kier molecular flexibility index (Phi) is 2.09. The summed E-state index contributed by atoms with van der Waals surface area (Å²) in [4.78, 5) is 5.94. The first-order valence-corrected chi connectivity index (χ1v) is 6.11. The van der Waals surface area contributed by atoms with Crippen molar-refractivity contribution >= 4 is 23.7 Å². The predicted octanol–water partition coefficient (Wildman–Crippen LogP) is 3.66. The van der Waals surface area contributed by atoms with Gasteiger partial charge >= 0.3 is 0 Å². The fourth-order valence-electron chi connectivity index (χ4n) is 2.27. The number of hydrogen-bond acceptors (Lipinski definition) is 2. The first kappa shape index (κ1) is 8.54. The van der Waals surface area contributed by atoms with Crippen LogP contribution in [0.25, 0.3) is 0 Å². The average Bonchev–Trinajstić information content (AvgIpc) is 2.58. The van der Waals surface area contributed by atoms with Crippen molar-refractivity contribution in [2.24, 2.45) is 10.9 Å². The lowest BCUT2D eigenvalue weighted by molar-refractivity contribution is 0.760. The highest BCUT2D eigenvalue weighted by Crippen LogP contribution is 2.43. The maximum atomic E-state index is 4.58. The van der Waals surface area contributed by atoms with Gasteiger partial charge < -0.3 is 0 Å². The Morgan fingerprint density at radius 1 is 1.21 bits per heavy atom. The summed E-state index contributed by atoms with van der Waals surface area (Å²) in [6.07, 6.45) is 6.23. The number of para-hydroxylation sites is 1. The summed E-state index contributed by atoms with van der Waals surface area (Å²) in [5, 5.41) is 0.780. The first-order valence-electron chi connectivity index (χ1n) is 5.23. The summed E-state index contributed by atoms with van der Waals surface area (Å²) >= 11 is 2.02. The second-order valence-electron chi connectivity index (χ2n) is 4.00. The Labute approximate surface area is 88.6 Å². The van der Waals surface area contributed by atoms with E-state index in [4.69, 9.17) is 0 Å². The van der Waals surface area contributed by atoms with E-state index >= 15 is 0 Å². The first-order chi connectivity index (χ1) is 6.93. The number of thioether (sulfide) groups is 1. The van der Waals surface area contributed by atoms with Gasteiger partial charge in [0.2, 0.25) is 0 Å². The van der Waals surface area contributed by atoms with Gasteiger partial charge in [-0.15, -0.1) is 11.8 Å². The number of rotatable bonds is 0. The van der Waals surface area contributed by atoms with E-state index < -0.39 is 0 Å². The lowest BCUT2D eigenvalue weighted by atomic mass is 10.1. The van der Waals surface area contributed by atoms with E-state index in [1.165, 1.54) is 24.2 Å². The fourth-order valence-corrected chi connectivity index (χ4v) is 3.66. The minimum atomic E-state index is 0.715. The minimum absolute atomic E-state index is 0.715. The topological polar surface area (TPSA) is 12.4 Å². The maximum absolute atomic E-state index is 4.58. The molecule has 1 aliphatic carbocycles. The molecule has 2 aliphatic rings. The number of hydrogen-bond donors (Lipinski definition) is 0. The normalized spacial score (nSPS) is 29.4. The molecule has 2 unspecified atom stereocenters. The van der Waals surface area contributed by atoms with Crippen molar-refractivity contribution in [3.05, 3.63) is 24.3 Å². The molecule has 0 saturated heterocycles. The van der Waals surface area contributed by atoms with Crippen molar-refractivity contribution in [3.63, 3.8) is 0 Å². The molecule has 2 atom stereocenters. The van der Waals surface area contributed by atoms with E-state index in [2.05, 4.69) is 35.5 Å². The SMILES string of the molecule is C1=Nc2ccccc2SC2CCCC12. The molecule has 1 aromatic rings. The van der Waals surface area contributed by atoms with Crippen LogP contribution in [0.3, 0.4) is 0 Å². The molecule has 1 heterocycles. The average molecular weight is 203 g/mol. The number of nitrogens with zero attached hydrogens (tertiary/aromatic N) is 1. The molecule has 0 radical (unpaired) electrons. The largest absolute Gasteiger partial charge is 0.260 e. The van der Waals surface area contributed by atoms with Crippen LogP contribution >= 0.6 is 11.8 Å². The molecule has 1 saturated carbocycles. The zero-order chi connectivity index (χ0) is 9.38. The van der Waals surface area contributed by atoms with Crippen molar-refractivity contribution < 1.29 is 0 Å². The third-order valence-corrected chi connectivity index (χ3v) is 4.54. The van der Waals surface area contributed by atoms with Gasteiger partial charge in [0, 0.05) is 22.3 Å². The molecule has 1 aromatic carbocycles. The molecule has 1 fully saturated rings. The van der Waals surface area contributed by atoms with Gasteiger partial charge in [-0.3, -0.25) is 4.99 Å². The van der Waals surface area contributed by atoms with Gasteiger partial charge in [0.15, 0.2) is 0 Å². The van der Waals surface area contributed by atoms with Crippen molar-refractivity contribution in [3.8, 4) is 0 Å². The summed E-state index contributed by atoms with van der Waals surface area (Å²) in [5.74, 6) is 0.715. The van der Waals surface area contributed by atoms with E-state index in [9.17, 15) is 0 Å². The molecule has 0 N–H and O–H groups in total. The predicted molar refractivity (Wildman–Crippen MR) is 61.6 cm³/mol. The Morgan fingerprint density at radius 3 is 3.14 bits per heavy atom. The molecule has 3 rings (SSSR count). The summed E-state index contributed by atoms with van der Waals surface area (Å²) in [6, 6.07) is 8.48. The van der Waals surface area contributed by atoms with Gasteiger partial charge in [-0.05, 0) is 25.0 Å². The molecule has 0 aromatic heterocycles. The van der Waals surface area contributed by atoms with Crippen LogP contribution in [0.2, 0.25) is 0 Å². The Bertz CT molecular complexity index is 372. The molecular formula is C12H13NS. The van der Waals surface area contributed by atoms with Gasteiger partial charge in [0.25, 0.3) is 0 Å². The van der Waals surface area contributed by atoms with Crippen LogP contribution in [-0.2, 0) is 0 Å². The van der Waals surface area contributed by atoms with Crippen molar-refractivity contribution in [2.75, 3.05) is 0 Å². The quantitative estimate of drug-likeness (QED) is 0.626. The van der Waals surface area contributed by atoms with Crippen LogP contribution in [0.1, 0.15) is 19.3 Å². The molecule has 1 nitrogen and oxygen atoms in total. The molecule has 0 amide bonds. The highest BCUT2D eigenvalue weighted by molar-refractivity contribution is 8.00. The molecule has 14 heavy (non-hydrogen) atoms. The summed E-state index contributed by atoms with van der Waals surface area (Å²) in [7, 11) is 0. The van der Waals surface area contributed by atoms with Crippen molar-refractivity contribution in [1.29, 1.82) is 0 Å². The molecular weight excluding hydrogens is 190 g/mol. The van der Waals surface area contributed by atoms with Crippen molar-refractivity contribution in [1.82, 2.24) is 0 Å². The van der Waals surface area contributed by atoms with Gasteiger partial charge in [0.1, 0.15) is 0 Å². The third kappa shape index (κ3) is 1.38. The highest BCUT2D eigenvalue weighted by atomic mass is 32.2. The van der Waals surface area contributed by atoms with Crippen molar-refractivity contribution in [2.45, 2.75) is 29.4 Å². The number of fused-ring (bicyclic) bond motifs is 2. The van der Waals surface area contributed by atoms with E-state index in [1.807, 2.05) is 11.8 Å². The smallest absolute Gasteiger partial charge is 0.0761 e. The van der Waals surface area contributed by atoms with Crippen LogP contribution in [0.5, 0.6) is 0 Å². The summed E-state index contributed by atoms with van der Waals surface area (Å²) < 4.78 is 0. The van der Waals surface area contributed by atoms with Gasteiger partial charge in [-0.2, -0.15) is 0 Å². The summed E-state index contributed by atoms with van der Waals surface area (Å²) in [5.41, 5.74) is 1.16. The standard InChI is InChI=1S/C12H13NS/c1-2-6-12-10(5-1)13-8-9-4-3-7-11(9)14-12/h1-2,5-6,8-9,11H,3-4,7H2. The molecule has 1 aliphatic heterocycles. The second-order valence-corrected chi connectivity index (χ2v) is 5.28. The Balaban J connectivity index is 2.01. The van der Waals surface area contributed by atoms with Crippen LogP contribution in [0.15, 0.2) is 34.2 Å². The maximum Gasteiger partial charge on any atom is 0.0761 e. The zero-order valence-electron chi connectivity index (χ0n) is 8.02. The lowest BCUT2D eigenvalue weighted by Gasteiger charge is -2.12. The fraction of sp³-hybridized carbons (Fsp3) is 0.417. The van der Waals surface area contributed by atoms with Crippen LogP contribution < -0.4 is 0 Å². The van der Waals surface area contributed by atoms with E-state index in [-0.39, 0.29) is 0 Å². The van der Waals surface area contributed by atoms with Crippen LogP contribution in [-0.4, -0.2) is 11.5 Å². The molecule has 0 spiro atoms. The van der Waals surface area contributed by atoms with E-state index in [0.29, 0.717) is 5.92 Å². The Morgan fingerprint density at radius 2 is 2.14 bits per heavy atom. The van der Waals surface area contributed by atoms with E-state index in [0.717, 1.165) is 10.9 Å². The van der Waals surface area contributed by atoms with Gasteiger partial charge in [-0.25, -0.2) is 0 Å². The third-order valence-electron chi connectivity index (χ3n) is 3.05. The van der Waals surface area contributed by atoms with Crippen LogP contribution in [0, 0.1) is 5.92 Å². The number of aliphatic imine (C=N–C) groups is 1. The molecule has 2 heteroatoms. The minimum Gasteiger partial charge on any atom is -0.260 e. The second kappa shape index (κ2) is 3.43. The van der Waals surface area contributed by atoms with E-state index in [1.54, 1.807) is 0 Å². The highest BCUT2D eigenvalue weighted by Gasteiger charge is 2.28. The van der Waals surface area contributed by atoms with Crippen LogP contribution in [0.4, 0.5) is 5.69 Å². The monoisotopic (exact) mass is 203 g/mol. The lowest BCUT2D eigenvalue weighted by Crippen LogP contribution is -2.09. The van der Waals surface area contributed by atoms with Gasteiger partial charge in [-0.1, -0.05) is 18.6 Å². The number of benzene rings is 1. The zero-order valence-corrected chi connectivity index (χ0v) is 8.83. The summed E-state index contributed by atoms with van der Waals surface area (Å²) in [6.45, 7) is 0. The van der Waals surface area contributed by atoms with Gasteiger partial charge in [0.05, 0.1) is 5.69 Å². The Hall–Kier alpha value is -0.760. The molecule has 0 bridgehead atoms.